The van der Waals surface area contributed by atoms with Crippen molar-refractivity contribution in [1.29, 1.82) is 0 Å². The standard InChI is InChI=1S/C13H17N3O/c1-3-13(2,17)9-16-12-10-5-4-7-14-11(10)6-8-15-12/h4-8,17H,3,9H2,1-2H3,(H,15,16). The number of anilines is 1. The van der Waals surface area contributed by atoms with Crippen molar-refractivity contribution in [2.75, 3.05) is 11.9 Å². The summed E-state index contributed by atoms with van der Waals surface area (Å²) >= 11 is 0. The van der Waals surface area contributed by atoms with Crippen molar-refractivity contribution in [3.05, 3.63) is 30.6 Å². The van der Waals surface area contributed by atoms with Gasteiger partial charge in [0.25, 0.3) is 0 Å². The van der Waals surface area contributed by atoms with E-state index in [9.17, 15) is 5.11 Å². The van der Waals surface area contributed by atoms with Gasteiger partial charge in [0.05, 0.1) is 11.1 Å². The minimum atomic E-state index is -0.716. The highest BCUT2D eigenvalue weighted by atomic mass is 16.3. The van der Waals surface area contributed by atoms with E-state index in [1.165, 1.54) is 0 Å². The highest BCUT2D eigenvalue weighted by Crippen LogP contribution is 2.19. The van der Waals surface area contributed by atoms with Crippen LogP contribution in [0.3, 0.4) is 0 Å². The van der Waals surface area contributed by atoms with Crippen LogP contribution in [0.25, 0.3) is 10.9 Å². The van der Waals surface area contributed by atoms with E-state index in [1.807, 2.05) is 32.0 Å². The number of nitrogens with one attached hydrogen (secondary N) is 1. The van der Waals surface area contributed by atoms with Crippen molar-refractivity contribution in [2.24, 2.45) is 0 Å². The molecule has 0 bridgehead atoms. The number of hydrogen-bond donors (Lipinski definition) is 2. The number of rotatable bonds is 4. The molecule has 4 nitrogen and oxygen atoms in total. The average molecular weight is 231 g/mol. The van der Waals surface area contributed by atoms with Crippen LogP contribution < -0.4 is 5.32 Å². The lowest BCUT2D eigenvalue weighted by Gasteiger charge is -2.22. The molecule has 17 heavy (non-hydrogen) atoms. The maximum absolute atomic E-state index is 9.95. The van der Waals surface area contributed by atoms with Crippen LogP contribution in [0.1, 0.15) is 20.3 Å². The molecular weight excluding hydrogens is 214 g/mol. The lowest BCUT2D eigenvalue weighted by atomic mass is 10.0. The fourth-order valence-corrected chi connectivity index (χ4v) is 1.54. The zero-order valence-electron chi connectivity index (χ0n) is 10.1. The van der Waals surface area contributed by atoms with Crippen molar-refractivity contribution in [3.63, 3.8) is 0 Å². The second kappa shape index (κ2) is 4.67. The molecule has 2 aromatic heterocycles. The van der Waals surface area contributed by atoms with Gasteiger partial charge in [0, 0.05) is 24.3 Å². The third-order valence-corrected chi connectivity index (χ3v) is 2.93. The number of aliphatic hydroxyl groups is 1. The normalized spacial score (nSPS) is 14.5. The molecule has 0 aliphatic rings. The van der Waals surface area contributed by atoms with Gasteiger partial charge in [-0.15, -0.1) is 0 Å². The van der Waals surface area contributed by atoms with Gasteiger partial charge in [0.15, 0.2) is 0 Å². The first-order valence-corrected chi connectivity index (χ1v) is 5.78. The summed E-state index contributed by atoms with van der Waals surface area (Å²) in [5.41, 5.74) is 0.188. The van der Waals surface area contributed by atoms with Crippen molar-refractivity contribution in [2.45, 2.75) is 25.9 Å². The lowest BCUT2D eigenvalue weighted by Crippen LogP contribution is -2.32. The molecule has 90 valence electrons. The molecule has 0 radical (unpaired) electrons. The van der Waals surface area contributed by atoms with Crippen LogP contribution in [0.15, 0.2) is 30.6 Å². The minimum absolute atomic E-state index is 0.477. The maximum atomic E-state index is 9.95. The number of fused-ring (bicyclic) bond motifs is 1. The van der Waals surface area contributed by atoms with E-state index in [0.717, 1.165) is 16.7 Å². The van der Waals surface area contributed by atoms with Crippen LogP contribution in [-0.4, -0.2) is 27.2 Å². The molecule has 1 unspecified atom stereocenters. The molecule has 0 spiro atoms. The summed E-state index contributed by atoms with van der Waals surface area (Å²) in [6, 6.07) is 5.73. The molecule has 2 rings (SSSR count). The van der Waals surface area contributed by atoms with E-state index in [1.54, 1.807) is 12.4 Å². The highest BCUT2D eigenvalue weighted by Gasteiger charge is 2.17. The van der Waals surface area contributed by atoms with E-state index in [-0.39, 0.29) is 0 Å². The Morgan fingerprint density at radius 1 is 1.29 bits per heavy atom. The summed E-state index contributed by atoms with van der Waals surface area (Å²) in [4.78, 5) is 8.55. The predicted octanol–water partition coefficient (Wildman–Crippen LogP) is 2.20. The summed E-state index contributed by atoms with van der Waals surface area (Å²) in [5.74, 6) is 0.768. The van der Waals surface area contributed by atoms with Crippen molar-refractivity contribution in [3.8, 4) is 0 Å². The van der Waals surface area contributed by atoms with E-state index in [0.29, 0.717) is 13.0 Å². The topological polar surface area (TPSA) is 58.0 Å². The van der Waals surface area contributed by atoms with Crippen LogP contribution in [0.4, 0.5) is 5.82 Å². The van der Waals surface area contributed by atoms with Crippen LogP contribution in [0, 0.1) is 0 Å². The summed E-state index contributed by atoms with van der Waals surface area (Å²) < 4.78 is 0. The molecule has 0 aliphatic heterocycles. The summed E-state index contributed by atoms with van der Waals surface area (Å²) in [7, 11) is 0. The highest BCUT2D eigenvalue weighted by molar-refractivity contribution is 5.88. The van der Waals surface area contributed by atoms with Gasteiger partial charge in [-0.3, -0.25) is 4.98 Å². The van der Waals surface area contributed by atoms with E-state index < -0.39 is 5.60 Å². The Morgan fingerprint density at radius 3 is 2.88 bits per heavy atom. The van der Waals surface area contributed by atoms with Crippen LogP contribution in [-0.2, 0) is 0 Å². The first kappa shape index (κ1) is 11.8. The van der Waals surface area contributed by atoms with Crippen molar-refractivity contribution >= 4 is 16.7 Å². The van der Waals surface area contributed by atoms with E-state index in [4.69, 9.17) is 0 Å². The van der Waals surface area contributed by atoms with Gasteiger partial charge in [-0.1, -0.05) is 6.92 Å². The maximum Gasteiger partial charge on any atom is 0.135 e. The second-order valence-corrected chi connectivity index (χ2v) is 4.43. The SMILES string of the molecule is CCC(C)(O)CNc1nccc2ncccc12. The van der Waals surface area contributed by atoms with Crippen molar-refractivity contribution < 1.29 is 5.11 Å². The van der Waals surface area contributed by atoms with Crippen molar-refractivity contribution in [1.82, 2.24) is 9.97 Å². The Labute approximate surface area is 101 Å². The summed E-state index contributed by atoms with van der Waals surface area (Å²) in [6.45, 7) is 4.24. The van der Waals surface area contributed by atoms with Gasteiger partial charge in [0.2, 0.25) is 0 Å². The van der Waals surface area contributed by atoms with Gasteiger partial charge in [-0.05, 0) is 31.5 Å². The van der Waals surface area contributed by atoms with Gasteiger partial charge < -0.3 is 10.4 Å². The van der Waals surface area contributed by atoms with Gasteiger partial charge in [0.1, 0.15) is 5.82 Å². The monoisotopic (exact) mass is 231 g/mol. The number of aromatic nitrogens is 2. The summed E-state index contributed by atoms with van der Waals surface area (Å²) in [5, 5.41) is 14.1. The quantitative estimate of drug-likeness (QED) is 0.847. The second-order valence-electron chi connectivity index (χ2n) is 4.43. The Balaban J connectivity index is 2.24. The average Bonchev–Trinajstić information content (AvgIpc) is 2.36. The molecular formula is C13H17N3O. The molecule has 2 N–H and O–H groups in total. The fourth-order valence-electron chi connectivity index (χ4n) is 1.54. The third kappa shape index (κ3) is 2.71. The molecule has 0 saturated heterocycles. The van der Waals surface area contributed by atoms with Gasteiger partial charge >= 0.3 is 0 Å². The minimum Gasteiger partial charge on any atom is -0.388 e. The number of pyridine rings is 2. The first-order valence-electron chi connectivity index (χ1n) is 5.78. The zero-order chi connectivity index (χ0) is 12.3. The molecule has 4 heteroatoms. The third-order valence-electron chi connectivity index (χ3n) is 2.93. The Morgan fingerprint density at radius 2 is 2.12 bits per heavy atom. The van der Waals surface area contributed by atoms with E-state index in [2.05, 4.69) is 15.3 Å². The molecule has 0 amide bonds. The fraction of sp³-hybridized carbons (Fsp3) is 0.385. The molecule has 0 fully saturated rings. The van der Waals surface area contributed by atoms with Crippen LogP contribution in [0.5, 0.6) is 0 Å². The number of nitrogens with zero attached hydrogens (tertiary/aromatic N) is 2. The molecule has 0 aromatic carbocycles. The van der Waals surface area contributed by atoms with E-state index >= 15 is 0 Å². The Kier molecular flexibility index (Phi) is 3.24. The van der Waals surface area contributed by atoms with Gasteiger partial charge in [-0.2, -0.15) is 0 Å². The molecule has 0 aliphatic carbocycles. The molecule has 0 saturated carbocycles. The molecule has 1 atom stereocenters. The molecule has 2 heterocycles. The smallest absolute Gasteiger partial charge is 0.135 e. The van der Waals surface area contributed by atoms with Gasteiger partial charge in [-0.25, -0.2) is 4.98 Å². The molecule has 2 aromatic rings. The first-order chi connectivity index (χ1) is 8.12. The summed E-state index contributed by atoms with van der Waals surface area (Å²) in [6.07, 6.45) is 4.18. The lowest BCUT2D eigenvalue weighted by molar-refractivity contribution is 0.0697. The Bertz CT molecular complexity index is 505. The van der Waals surface area contributed by atoms with Crippen LogP contribution >= 0.6 is 0 Å². The van der Waals surface area contributed by atoms with Crippen LogP contribution in [0.2, 0.25) is 0 Å². The Hall–Kier alpha value is -1.68. The largest absolute Gasteiger partial charge is 0.388 e. The zero-order valence-corrected chi connectivity index (χ0v) is 10.1. The number of hydrogen-bond acceptors (Lipinski definition) is 4. The predicted molar refractivity (Wildman–Crippen MR) is 68.9 cm³/mol.